The average Bonchev–Trinajstić information content (AvgIpc) is 2.47. The van der Waals surface area contributed by atoms with Crippen molar-refractivity contribution in [2.75, 3.05) is 0 Å². The molecule has 2 aromatic carbocycles. The highest BCUT2D eigenvalue weighted by Gasteiger charge is 2.15. The number of nitrogens with one attached hydrogen (secondary N) is 2. The summed E-state index contributed by atoms with van der Waals surface area (Å²) < 4.78 is 12.9. The van der Waals surface area contributed by atoms with Crippen molar-refractivity contribution < 1.29 is 19.1 Å². The Morgan fingerprint density at radius 1 is 0.955 bits per heavy atom. The van der Waals surface area contributed by atoms with Crippen LogP contribution in [-0.2, 0) is 0 Å². The third-order valence-corrected chi connectivity index (χ3v) is 3.22. The van der Waals surface area contributed by atoms with Crippen molar-refractivity contribution in [1.29, 1.82) is 0 Å². The monoisotopic (exact) mass is 342 g/mol. The molecule has 0 heterocycles. The van der Waals surface area contributed by atoms with Gasteiger partial charge in [-0.3, -0.25) is 20.4 Å². The maximum absolute atomic E-state index is 12.9. The molecule has 2 amide bonds. The van der Waals surface area contributed by atoms with Gasteiger partial charge in [-0.25, -0.2) is 4.39 Å². The predicted molar refractivity (Wildman–Crippen MR) is 79.5 cm³/mol. The van der Waals surface area contributed by atoms with Gasteiger partial charge in [-0.05, 0) is 36.4 Å². The maximum Gasteiger partial charge on any atom is 0.273 e. The number of phenols is 1. The summed E-state index contributed by atoms with van der Waals surface area (Å²) in [6.07, 6.45) is 0. The summed E-state index contributed by atoms with van der Waals surface area (Å²) in [5.74, 6) is -2.39. The first-order valence-electron chi connectivity index (χ1n) is 5.92. The van der Waals surface area contributed by atoms with E-state index in [2.05, 4.69) is 10.9 Å². The molecule has 0 saturated carbocycles. The summed E-state index contributed by atoms with van der Waals surface area (Å²) >= 11 is 11.5. The molecule has 3 N–H and O–H groups in total. The zero-order valence-corrected chi connectivity index (χ0v) is 12.4. The van der Waals surface area contributed by atoms with Crippen LogP contribution in [0, 0.1) is 5.82 Å². The molecule has 0 bridgehead atoms. The van der Waals surface area contributed by atoms with Crippen LogP contribution in [0.2, 0.25) is 10.0 Å². The third-order valence-electron chi connectivity index (χ3n) is 2.67. The van der Waals surface area contributed by atoms with E-state index in [0.29, 0.717) is 0 Å². The molecule has 0 saturated heterocycles. The van der Waals surface area contributed by atoms with Crippen molar-refractivity contribution in [3.63, 3.8) is 0 Å². The molecule has 0 unspecified atom stereocenters. The average molecular weight is 343 g/mol. The van der Waals surface area contributed by atoms with Gasteiger partial charge < -0.3 is 5.11 Å². The highest BCUT2D eigenvalue weighted by atomic mass is 35.5. The quantitative estimate of drug-likeness (QED) is 0.734. The standard InChI is InChI=1S/C14H9Cl2FN2O3/c15-7-1-4-12(20)10(5-7)14(22)19-18-13(21)9-3-2-8(17)6-11(9)16/h1-6,20H,(H,18,21)(H,19,22). The Kier molecular flexibility index (Phi) is 4.85. The minimum atomic E-state index is -0.772. The van der Waals surface area contributed by atoms with Crippen LogP contribution < -0.4 is 10.9 Å². The second-order valence-corrected chi connectivity index (χ2v) is 5.04. The summed E-state index contributed by atoms with van der Waals surface area (Å²) in [6.45, 7) is 0. The van der Waals surface area contributed by atoms with E-state index < -0.39 is 17.6 Å². The van der Waals surface area contributed by atoms with Gasteiger partial charge in [-0.2, -0.15) is 0 Å². The largest absolute Gasteiger partial charge is 0.507 e. The highest BCUT2D eigenvalue weighted by molar-refractivity contribution is 6.33. The van der Waals surface area contributed by atoms with E-state index in [9.17, 15) is 19.1 Å². The molecule has 0 aliphatic heterocycles. The topological polar surface area (TPSA) is 78.4 Å². The molecule has 0 aromatic heterocycles. The Balaban J connectivity index is 2.07. The SMILES string of the molecule is O=C(NNC(=O)c1ccc(F)cc1Cl)c1cc(Cl)ccc1O. The Morgan fingerprint density at radius 3 is 2.23 bits per heavy atom. The smallest absolute Gasteiger partial charge is 0.273 e. The van der Waals surface area contributed by atoms with Gasteiger partial charge in [0.1, 0.15) is 11.6 Å². The second-order valence-electron chi connectivity index (χ2n) is 4.19. The van der Waals surface area contributed by atoms with Gasteiger partial charge in [-0.1, -0.05) is 23.2 Å². The van der Waals surface area contributed by atoms with E-state index in [1.54, 1.807) is 0 Å². The van der Waals surface area contributed by atoms with Crippen LogP contribution in [0.4, 0.5) is 4.39 Å². The zero-order valence-electron chi connectivity index (χ0n) is 10.9. The van der Waals surface area contributed by atoms with Gasteiger partial charge in [0.15, 0.2) is 0 Å². The van der Waals surface area contributed by atoms with Crippen LogP contribution in [-0.4, -0.2) is 16.9 Å². The van der Waals surface area contributed by atoms with Crippen molar-refractivity contribution in [3.8, 4) is 5.75 Å². The van der Waals surface area contributed by atoms with Crippen molar-refractivity contribution in [2.45, 2.75) is 0 Å². The molecular formula is C14H9Cl2FN2O3. The molecule has 0 aliphatic rings. The zero-order chi connectivity index (χ0) is 16.3. The predicted octanol–water partition coefficient (Wildman–Crippen LogP) is 2.91. The lowest BCUT2D eigenvalue weighted by Gasteiger charge is -2.09. The molecule has 0 aliphatic carbocycles. The van der Waals surface area contributed by atoms with Crippen LogP contribution in [0.1, 0.15) is 20.7 Å². The van der Waals surface area contributed by atoms with E-state index in [-0.39, 0.29) is 26.9 Å². The van der Waals surface area contributed by atoms with Crippen LogP contribution in [0.15, 0.2) is 36.4 Å². The second kappa shape index (κ2) is 6.64. The first-order valence-corrected chi connectivity index (χ1v) is 6.68. The molecule has 22 heavy (non-hydrogen) atoms. The van der Waals surface area contributed by atoms with Gasteiger partial charge in [0.2, 0.25) is 0 Å². The molecule has 5 nitrogen and oxygen atoms in total. The van der Waals surface area contributed by atoms with E-state index in [1.807, 2.05) is 0 Å². The Hall–Kier alpha value is -2.31. The van der Waals surface area contributed by atoms with Gasteiger partial charge in [-0.15, -0.1) is 0 Å². The molecular weight excluding hydrogens is 334 g/mol. The van der Waals surface area contributed by atoms with Gasteiger partial charge in [0, 0.05) is 5.02 Å². The summed E-state index contributed by atoms with van der Waals surface area (Å²) in [5, 5.41) is 9.71. The summed E-state index contributed by atoms with van der Waals surface area (Å²) in [7, 11) is 0. The van der Waals surface area contributed by atoms with Gasteiger partial charge >= 0.3 is 0 Å². The number of halogens is 3. The Morgan fingerprint density at radius 2 is 1.59 bits per heavy atom. The number of aromatic hydroxyl groups is 1. The van der Waals surface area contributed by atoms with E-state index in [4.69, 9.17) is 23.2 Å². The fourth-order valence-corrected chi connectivity index (χ4v) is 2.04. The summed E-state index contributed by atoms with van der Waals surface area (Å²) in [5.41, 5.74) is 4.07. The number of hydrogen-bond donors (Lipinski definition) is 3. The van der Waals surface area contributed by atoms with Gasteiger partial charge in [0.05, 0.1) is 16.1 Å². The van der Waals surface area contributed by atoms with E-state index in [1.165, 1.54) is 24.3 Å². The van der Waals surface area contributed by atoms with E-state index >= 15 is 0 Å². The number of phenolic OH excluding ortho intramolecular Hbond substituents is 1. The Bertz CT molecular complexity index is 753. The van der Waals surface area contributed by atoms with Crippen molar-refractivity contribution in [3.05, 3.63) is 63.4 Å². The maximum atomic E-state index is 12.9. The first-order chi connectivity index (χ1) is 10.4. The molecule has 0 atom stereocenters. The number of amides is 2. The Labute approximate surface area is 134 Å². The minimum absolute atomic E-state index is 0.0151. The third kappa shape index (κ3) is 3.66. The lowest BCUT2D eigenvalue weighted by molar-refractivity contribution is 0.0845. The van der Waals surface area contributed by atoms with Crippen LogP contribution in [0.25, 0.3) is 0 Å². The fourth-order valence-electron chi connectivity index (χ4n) is 1.61. The van der Waals surface area contributed by atoms with Crippen molar-refractivity contribution >= 4 is 35.0 Å². The fraction of sp³-hybridized carbons (Fsp3) is 0. The van der Waals surface area contributed by atoms with Crippen molar-refractivity contribution in [1.82, 2.24) is 10.9 Å². The highest BCUT2D eigenvalue weighted by Crippen LogP contribution is 2.21. The molecule has 0 radical (unpaired) electrons. The van der Waals surface area contributed by atoms with E-state index in [0.717, 1.165) is 12.1 Å². The minimum Gasteiger partial charge on any atom is -0.507 e. The number of carbonyl (C=O) groups is 2. The number of rotatable bonds is 2. The van der Waals surface area contributed by atoms with Crippen LogP contribution >= 0.6 is 23.2 Å². The number of hydrogen-bond acceptors (Lipinski definition) is 3. The molecule has 114 valence electrons. The number of benzene rings is 2. The molecule has 8 heteroatoms. The van der Waals surface area contributed by atoms with Gasteiger partial charge in [0.25, 0.3) is 11.8 Å². The van der Waals surface area contributed by atoms with Crippen LogP contribution in [0.3, 0.4) is 0 Å². The first kappa shape index (κ1) is 16.1. The summed E-state index contributed by atoms with van der Waals surface area (Å²) in [6, 6.07) is 7.10. The van der Waals surface area contributed by atoms with Crippen LogP contribution in [0.5, 0.6) is 5.75 Å². The lowest BCUT2D eigenvalue weighted by Crippen LogP contribution is -2.41. The molecule has 2 rings (SSSR count). The number of carbonyl (C=O) groups excluding carboxylic acids is 2. The van der Waals surface area contributed by atoms with Crippen molar-refractivity contribution in [2.24, 2.45) is 0 Å². The molecule has 2 aromatic rings. The summed E-state index contributed by atoms with van der Waals surface area (Å²) in [4.78, 5) is 23.7. The molecule has 0 fully saturated rings. The molecule has 0 spiro atoms. The normalized spacial score (nSPS) is 10.1. The number of hydrazine groups is 1. The lowest BCUT2D eigenvalue weighted by atomic mass is 10.2.